The molecule has 1 N–H and O–H groups in total. The summed E-state index contributed by atoms with van der Waals surface area (Å²) >= 11 is 0. The Morgan fingerprint density at radius 1 is 1.28 bits per heavy atom. The van der Waals surface area contributed by atoms with E-state index in [9.17, 15) is 5.26 Å². The van der Waals surface area contributed by atoms with Gasteiger partial charge in [0.2, 0.25) is 0 Å². The molecule has 2 rings (SSSR count). The molecular weight excluding hydrogens is 222 g/mol. The van der Waals surface area contributed by atoms with Gasteiger partial charge in [0.15, 0.2) is 0 Å². The third kappa shape index (κ3) is 3.46. The number of rotatable bonds is 4. The molecule has 0 aromatic rings. The molecule has 18 heavy (non-hydrogen) atoms. The average molecular weight is 249 g/mol. The second-order valence-corrected chi connectivity index (χ2v) is 6.28. The molecule has 3 atom stereocenters. The molecule has 2 fully saturated rings. The van der Waals surface area contributed by atoms with Gasteiger partial charge < -0.3 is 10.2 Å². The van der Waals surface area contributed by atoms with Crippen LogP contribution in [0.2, 0.25) is 0 Å². The number of nitrogens with zero attached hydrogens (tertiary/aromatic N) is 2. The molecule has 1 aliphatic heterocycles. The molecule has 1 saturated carbocycles. The number of nitriles is 1. The fourth-order valence-corrected chi connectivity index (χ4v) is 3.35. The number of hydrogen-bond donors (Lipinski definition) is 1. The van der Waals surface area contributed by atoms with Gasteiger partial charge in [-0.05, 0) is 52.1 Å². The van der Waals surface area contributed by atoms with Gasteiger partial charge in [-0.1, -0.05) is 12.8 Å². The van der Waals surface area contributed by atoms with Crippen molar-refractivity contribution in [3.63, 3.8) is 0 Å². The summed E-state index contributed by atoms with van der Waals surface area (Å²) in [5.41, 5.74) is 0. The highest BCUT2D eigenvalue weighted by atomic mass is 15.2. The van der Waals surface area contributed by atoms with E-state index in [1.807, 2.05) is 0 Å². The molecule has 0 spiro atoms. The van der Waals surface area contributed by atoms with E-state index in [0.717, 1.165) is 18.9 Å². The average Bonchev–Trinajstić information content (AvgIpc) is 2.85. The van der Waals surface area contributed by atoms with Crippen LogP contribution in [0.25, 0.3) is 0 Å². The predicted octanol–water partition coefficient (Wildman–Crippen LogP) is 2.39. The highest BCUT2D eigenvalue weighted by Crippen LogP contribution is 2.25. The zero-order valence-electron chi connectivity index (χ0n) is 11.9. The van der Waals surface area contributed by atoms with Crippen molar-refractivity contribution in [2.45, 2.75) is 58.0 Å². The van der Waals surface area contributed by atoms with E-state index in [1.54, 1.807) is 0 Å². The Morgan fingerprint density at radius 3 is 2.72 bits per heavy atom. The Labute approximate surface area is 112 Å². The van der Waals surface area contributed by atoms with Gasteiger partial charge in [0, 0.05) is 18.6 Å². The first-order valence-corrected chi connectivity index (χ1v) is 7.57. The minimum absolute atomic E-state index is 0.251. The van der Waals surface area contributed by atoms with Crippen molar-refractivity contribution >= 4 is 0 Å². The van der Waals surface area contributed by atoms with Gasteiger partial charge in [0.1, 0.15) is 0 Å². The number of hydrogen-bond acceptors (Lipinski definition) is 3. The van der Waals surface area contributed by atoms with Gasteiger partial charge >= 0.3 is 0 Å². The third-order valence-corrected chi connectivity index (χ3v) is 4.65. The Morgan fingerprint density at radius 2 is 2.06 bits per heavy atom. The van der Waals surface area contributed by atoms with E-state index in [2.05, 4.69) is 30.1 Å². The molecule has 3 nitrogen and oxygen atoms in total. The van der Waals surface area contributed by atoms with Crippen molar-refractivity contribution in [1.29, 1.82) is 5.26 Å². The van der Waals surface area contributed by atoms with E-state index in [-0.39, 0.29) is 5.92 Å². The fourth-order valence-electron chi connectivity index (χ4n) is 3.35. The van der Waals surface area contributed by atoms with Crippen LogP contribution in [0.15, 0.2) is 0 Å². The van der Waals surface area contributed by atoms with Gasteiger partial charge in [0.25, 0.3) is 0 Å². The van der Waals surface area contributed by atoms with Crippen LogP contribution in [0, 0.1) is 23.2 Å². The Balaban J connectivity index is 1.73. The van der Waals surface area contributed by atoms with Gasteiger partial charge in [-0.15, -0.1) is 0 Å². The number of likely N-dealkylation sites (tertiary alicyclic amines) is 1. The lowest BCUT2D eigenvalue weighted by Crippen LogP contribution is -2.41. The molecule has 3 heteroatoms. The summed E-state index contributed by atoms with van der Waals surface area (Å²) in [7, 11) is 0. The SMILES string of the molecule is CC(C)N1CCC(CNC2CCCCC2C#N)C1. The first kappa shape index (κ1) is 13.8. The van der Waals surface area contributed by atoms with Crippen LogP contribution in [0.1, 0.15) is 46.0 Å². The lowest BCUT2D eigenvalue weighted by atomic mass is 9.85. The normalized spacial score (nSPS) is 33.8. The topological polar surface area (TPSA) is 39.1 Å². The first-order valence-electron chi connectivity index (χ1n) is 7.57. The van der Waals surface area contributed by atoms with Gasteiger partial charge in [0.05, 0.1) is 12.0 Å². The van der Waals surface area contributed by atoms with Crippen LogP contribution in [0.5, 0.6) is 0 Å². The summed E-state index contributed by atoms with van der Waals surface area (Å²) in [6.45, 7) is 8.14. The van der Waals surface area contributed by atoms with Crippen LogP contribution < -0.4 is 5.32 Å². The summed E-state index contributed by atoms with van der Waals surface area (Å²) in [6.07, 6.45) is 6.13. The molecule has 3 unspecified atom stereocenters. The number of nitrogens with one attached hydrogen (secondary N) is 1. The minimum atomic E-state index is 0.251. The predicted molar refractivity (Wildman–Crippen MR) is 74.2 cm³/mol. The van der Waals surface area contributed by atoms with E-state index in [0.29, 0.717) is 12.1 Å². The van der Waals surface area contributed by atoms with E-state index in [1.165, 1.54) is 38.8 Å². The summed E-state index contributed by atoms with van der Waals surface area (Å²) in [5, 5.41) is 12.8. The molecule has 1 aliphatic carbocycles. The molecule has 2 aliphatic rings. The van der Waals surface area contributed by atoms with Gasteiger partial charge in [-0.25, -0.2) is 0 Å². The standard InChI is InChI=1S/C15H27N3/c1-12(2)18-8-7-13(11-18)10-17-15-6-4-3-5-14(15)9-16/h12-15,17H,3-8,10-11H2,1-2H3. The van der Waals surface area contributed by atoms with Crippen LogP contribution in [0.4, 0.5) is 0 Å². The Bertz CT molecular complexity index is 295. The van der Waals surface area contributed by atoms with Crippen LogP contribution in [0.3, 0.4) is 0 Å². The lowest BCUT2D eigenvalue weighted by Gasteiger charge is -2.29. The zero-order valence-corrected chi connectivity index (χ0v) is 11.9. The molecule has 0 bridgehead atoms. The van der Waals surface area contributed by atoms with Crippen LogP contribution in [-0.4, -0.2) is 36.6 Å². The third-order valence-electron chi connectivity index (χ3n) is 4.65. The fraction of sp³-hybridized carbons (Fsp3) is 0.933. The summed E-state index contributed by atoms with van der Waals surface area (Å²) < 4.78 is 0. The summed E-state index contributed by atoms with van der Waals surface area (Å²) in [6, 6.07) is 3.62. The molecular formula is C15H27N3. The maximum atomic E-state index is 9.17. The van der Waals surface area contributed by atoms with Crippen molar-refractivity contribution in [3.8, 4) is 6.07 Å². The largest absolute Gasteiger partial charge is 0.312 e. The molecule has 102 valence electrons. The lowest BCUT2D eigenvalue weighted by molar-refractivity contribution is 0.255. The van der Waals surface area contributed by atoms with Crippen molar-refractivity contribution in [1.82, 2.24) is 10.2 Å². The van der Waals surface area contributed by atoms with E-state index < -0.39 is 0 Å². The minimum Gasteiger partial charge on any atom is -0.312 e. The van der Waals surface area contributed by atoms with Crippen molar-refractivity contribution in [2.75, 3.05) is 19.6 Å². The Hall–Kier alpha value is -0.590. The quantitative estimate of drug-likeness (QED) is 0.831. The maximum absolute atomic E-state index is 9.17. The Kier molecular flexibility index (Phi) is 5.03. The monoisotopic (exact) mass is 249 g/mol. The second kappa shape index (κ2) is 6.54. The zero-order chi connectivity index (χ0) is 13.0. The maximum Gasteiger partial charge on any atom is 0.0672 e. The van der Waals surface area contributed by atoms with E-state index >= 15 is 0 Å². The van der Waals surface area contributed by atoms with Gasteiger partial charge in [-0.2, -0.15) is 5.26 Å². The molecule has 0 aromatic heterocycles. The summed E-state index contributed by atoms with van der Waals surface area (Å²) in [5.74, 6) is 1.04. The summed E-state index contributed by atoms with van der Waals surface area (Å²) in [4.78, 5) is 2.56. The molecule has 0 amide bonds. The molecule has 1 saturated heterocycles. The molecule has 0 aromatic carbocycles. The highest BCUT2D eigenvalue weighted by Gasteiger charge is 2.28. The van der Waals surface area contributed by atoms with Crippen molar-refractivity contribution in [2.24, 2.45) is 11.8 Å². The first-order chi connectivity index (χ1) is 8.70. The highest BCUT2D eigenvalue weighted by molar-refractivity contribution is 4.95. The van der Waals surface area contributed by atoms with Crippen LogP contribution in [-0.2, 0) is 0 Å². The van der Waals surface area contributed by atoms with Gasteiger partial charge in [-0.3, -0.25) is 0 Å². The molecule has 1 heterocycles. The van der Waals surface area contributed by atoms with E-state index in [4.69, 9.17) is 0 Å². The smallest absolute Gasteiger partial charge is 0.0672 e. The molecule has 0 radical (unpaired) electrons. The van der Waals surface area contributed by atoms with Crippen molar-refractivity contribution < 1.29 is 0 Å². The second-order valence-electron chi connectivity index (χ2n) is 6.28. The van der Waals surface area contributed by atoms with Crippen LogP contribution >= 0.6 is 0 Å². The van der Waals surface area contributed by atoms with Crippen molar-refractivity contribution in [3.05, 3.63) is 0 Å².